The van der Waals surface area contributed by atoms with Crippen LogP contribution in [0.15, 0.2) is 24.3 Å². The first-order valence-electron chi connectivity index (χ1n) is 7.34. The molecule has 1 fully saturated rings. The van der Waals surface area contributed by atoms with Crippen LogP contribution in [0.4, 0.5) is 5.69 Å². The number of carbonyl (C=O) groups excluding carboxylic acids is 1. The van der Waals surface area contributed by atoms with Gasteiger partial charge in [0.05, 0.1) is 0 Å². The highest BCUT2D eigenvalue weighted by molar-refractivity contribution is 5.76. The first-order chi connectivity index (χ1) is 9.20. The van der Waals surface area contributed by atoms with E-state index < -0.39 is 0 Å². The van der Waals surface area contributed by atoms with Crippen LogP contribution in [0.1, 0.15) is 50.5 Å². The van der Waals surface area contributed by atoms with Crippen molar-refractivity contribution in [3.8, 4) is 0 Å². The predicted molar refractivity (Wildman–Crippen MR) is 78.9 cm³/mol. The van der Waals surface area contributed by atoms with Crippen molar-refractivity contribution in [3.05, 3.63) is 29.8 Å². The lowest BCUT2D eigenvalue weighted by atomic mass is 9.90. The summed E-state index contributed by atoms with van der Waals surface area (Å²) >= 11 is 0. The molecule has 0 spiro atoms. The fraction of sp³-hybridized carbons (Fsp3) is 0.562. The van der Waals surface area contributed by atoms with Gasteiger partial charge in [-0.3, -0.25) is 4.79 Å². The van der Waals surface area contributed by atoms with E-state index >= 15 is 0 Å². The van der Waals surface area contributed by atoms with Crippen LogP contribution in [0.25, 0.3) is 0 Å². The summed E-state index contributed by atoms with van der Waals surface area (Å²) in [6.07, 6.45) is 5.02. The summed E-state index contributed by atoms with van der Waals surface area (Å²) in [5.41, 5.74) is 7.93. The molecule has 2 N–H and O–H groups in total. The Morgan fingerprint density at radius 3 is 3.05 bits per heavy atom. The molecule has 1 unspecified atom stereocenters. The normalized spacial score (nSPS) is 19.4. The largest absolute Gasteiger partial charge is 0.399 e. The standard InChI is InChI=1S/C16H24N2O/c1-2-3-9-16(19)18-10-5-7-14(12-18)13-6-4-8-15(17)11-13/h4,6,8,11,14H,2-3,5,7,9-10,12,17H2,1H3. The minimum absolute atomic E-state index is 0.315. The highest BCUT2D eigenvalue weighted by Crippen LogP contribution is 2.28. The number of benzene rings is 1. The van der Waals surface area contributed by atoms with Gasteiger partial charge in [0.1, 0.15) is 0 Å². The van der Waals surface area contributed by atoms with Gasteiger partial charge < -0.3 is 10.6 Å². The molecule has 19 heavy (non-hydrogen) atoms. The second-order valence-electron chi connectivity index (χ2n) is 5.45. The zero-order valence-electron chi connectivity index (χ0n) is 11.8. The lowest BCUT2D eigenvalue weighted by molar-refractivity contribution is -0.132. The number of nitrogens with two attached hydrogens (primary N) is 1. The van der Waals surface area contributed by atoms with Crippen LogP contribution in [0, 0.1) is 0 Å². The highest BCUT2D eigenvalue weighted by Gasteiger charge is 2.24. The maximum atomic E-state index is 12.1. The molecule has 1 amide bonds. The molecular formula is C16H24N2O. The maximum absolute atomic E-state index is 12.1. The van der Waals surface area contributed by atoms with Gasteiger partial charge in [-0.2, -0.15) is 0 Å². The number of nitrogen functional groups attached to an aromatic ring is 1. The van der Waals surface area contributed by atoms with Crippen molar-refractivity contribution in [2.75, 3.05) is 18.8 Å². The van der Waals surface area contributed by atoms with Crippen LogP contribution in [-0.2, 0) is 4.79 Å². The van der Waals surface area contributed by atoms with Crippen molar-refractivity contribution in [2.24, 2.45) is 0 Å². The minimum atomic E-state index is 0.315. The number of hydrogen-bond acceptors (Lipinski definition) is 2. The number of piperidine rings is 1. The molecule has 0 aliphatic carbocycles. The average Bonchev–Trinajstić information content (AvgIpc) is 2.45. The van der Waals surface area contributed by atoms with Gasteiger partial charge in [-0.1, -0.05) is 25.5 Å². The number of amides is 1. The Bertz CT molecular complexity index is 431. The monoisotopic (exact) mass is 260 g/mol. The van der Waals surface area contributed by atoms with Gasteiger partial charge in [-0.05, 0) is 37.0 Å². The molecule has 3 nitrogen and oxygen atoms in total. The zero-order valence-corrected chi connectivity index (χ0v) is 11.8. The molecule has 0 radical (unpaired) electrons. The number of likely N-dealkylation sites (tertiary alicyclic amines) is 1. The summed E-state index contributed by atoms with van der Waals surface area (Å²) in [5.74, 6) is 0.762. The van der Waals surface area contributed by atoms with Crippen molar-refractivity contribution < 1.29 is 4.79 Å². The van der Waals surface area contributed by atoms with E-state index in [2.05, 4.69) is 13.0 Å². The number of nitrogens with zero attached hydrogens (tertiary/aromatic N) is 1. The lowest BCUT2D eigenvalue weighted by Crippen LogP contribution is -2.39. The average molecular weight is 260 g/mol. The minimum Gasteiger partial charge on any atom is -0.399 e. The summed E-state index contributed by atoms with van der Waals surface area (Å²) in [6.45, 7) is 3.90. The topological polar surface area (TPSA) is 46.3 Å². The zero-order chi connectivity index (χ0) is 13.7. The molecule has 0 saturated carbocycles. The van der Waals surface area contributed by atoms with Crippen LogP contribution in [0.5, 0.6) is 0 Å². The highest BCUT2D eigenvalue weighted by atomic mass is 16.2. The summed E-state index contributed by atoms with van der Waals surface area (Å²) < 4.78 is 0. The first-order valence-corrected chi connectivity index (χ1v) is 7.34. The quantitative estimate of drug-likeness (QED) is 0.845. The molecule has 2 rings (SSSR count). The first kappa shape index (κ1) is 13.9. The van der Waals surface area contributed by atoms with Crippen LogP contribution < -0.4 is 5.73 Å². The Labute approximate surface area is 115 Å². The van der Waals surface area contributed by atoms with Crippen molar-refractivity contribution in [3.63, 3.8) is 0 Å². The van der Waals surface area contributed by atoms with Gasteiger partial charge in [0, 0.05) is 31.1 Å². The Morgan fingerprint density at radius 1 is 1.47 bits per heavy atom. The molecule has 0 aromatic heterocycles. The third-order valence-corrected chi connectivity index (χ3v) is 3.90. The maximum Gasteiger partial charge on any atom is 0.222 e. The van der Waals surface area contributed by atoms with Crippen molar-refractivity contribution in [2.45, 2.75) is 44.9 Å². The number of hydrogen-bond donors (Lipinski definition) is 1. The van der Waals surface area contributed by atoms with Crippen molar-refractivity contribution >= 4 is 11.6 Å². The Balaban J connectivity index is 1.99. The van der Waals surface area contributed by atoms with E-state index in [9.17, 15) is 4.79 Å². The molecule has 0 bridgehead atoms. The molecule has 1 saturated heterocycles. The van der Waals surface area contributed by atoms with Gasteiger partial charge in [0.25, 0.3) is 0 Å². The third-order valence-electron chi connectivity index (χ3n) is 3.90. The van der Waals surface area contributed by atoms with Crippen molar-refractivity contribution in [1.82, 2.24) is 4.90 Å². The summed E-state index contributed by atoms with van der Waals surface area (Å²) in [6, 6.07) is 8.09. The Hall–Kier alpha value is -1.51. The second kappa shape index (κ2) is 6.60. The number of rotatable bonds is 4. The SMILES string of the molecule is CCCCC(=O)N1CCCC(c2cccc(N)c2)C1. The molecule has 104 valence electrons. The number of unbranched alkanes of at least 4 members (excludes halogenated alkanes) is 1. The molecule has 1 heterocycles. The lowest BCUT2D eigenvalue weighted by Gasteiger charge is -2.33. The Morgan fingerprint density at radius 2 is 2.32 bits per heavy atom. The molecule has 1 aromatic carbocycles. The molecule has 1 aliphatic rings. The van der Waals surface area contributed by atoms with E-state index in [-0.39, 0.29) is 0 Å². The Kier molecular flexibility index (Phi) is 4.83. The second-order valence-corrected chi connectivity index (χ2v) is 5.45. The summed E-state index contributed by atoms with van der Waals surface area (Å²) in [5, 5.41) is 0. The predicted octanol–water partition coefficient (Wildman–Crippen LogP) is 3.17. The number of carbonyl (C=O) groups is 1. The van der Waals surface area contributed by atoms with E-state index in [4.69, 9.17) is 5.73 Å². The van der Waals surface area contributed by atoms with Crippen LogP contribution >= 0.6 is 0 Å². The molecule has 1 aliphatic heterocycles. The summed E-state index contributed by atoms with van der Waals surface area (Å²) in [7, 11) is 0. The van der Waals surface area contributed by atoms with E-state index in [0.29, 0.717) is 18.2 Å². The van der Waals surface area contributed by atoms with Crippen LogP contribution in [0.2, 0.25) is 0 Å². The fourth-order valence-corrected chi connectivity index (χ4v) is 2.77. The van der Waals surface area contributed by atoms with E-state index in [0.717, 1.165) is 44.5 Å². The van der Waals surface area contributed by atoms with Gasteiger partial charge in [-0.25, -0.2) is 0 Å². The van der Waals surface area contributed by atoms with Crippen LogP contribution in [0.3, 0.4) is 0 Å². The van der Waals surface area contributed by atoms with Gasteiger partial charge >= 0.3 is 0 Å². The molecule has 3 heteroatoms. The summed E-state index contributed by atoms with van der Waals surface area (Å²) in [4.78, 5) is 14.1. The van der Waals surface area contributed by atoms with Gasteiger partial charge in [-0.15, -0.1) is 0 Å². The van der Waals surface area contributed by atoms with E-state index in [1.54, 1.807) is 0 Å². The fourth-order valence-electron chi connectivity index (χ4n) is 2.77. The van der Waals surface area contributed by atoms with Crippen molar-refractivity contribution in [1.29, 1.82) is 0 Å². The van der Waals surface area contributed by atoms with Gasteiger partial charge in [0.15, 0.2) is 0 Å². The van der Waals surface area contributed by atoms with E-state index in [1.807, 2.05) is 23.1 Å². The third kappa shape index (κ3) is 3.72. The molecular weight excluding hydrogens is 236 g/mol. The smallest absolute Gasteiger partial charge is 0.222 e. The molecule has 1 atom stereocenters. The molecule has 1 aromatic rings. The van der Waals surface area contributed by atoms with Gasteiger partial charge in [0.2, 0.25) is 5.91 Å². The van der Waals surface area contributed by atoms with E-state index in [1.165, 1.54) is 5.56 Å². The number of anilines is 1. The van der Waals surface area contributed by atoms with Crippen LogP contribution in [-0.4, -0.2) is 23.9 Å².